The Morgan fingerprint density at radius 1 is 1.04 bits per heavy atom. The van der Waals surface area contributed by atoms with E-state index in [0.717, 1.165) is 0 Å². The van der Waals surface area contributed by atoms with E-state index in [4.69, 9.17) is 11.6 Å². The smallest absolute Gasteiger partial charge is 0.325 e. The quantitative estimate of drug-likeness (QED) is 0.573. The van der Waals surface area contributed by atoms with Gasteiger partial charge in [-0.1, -0.05) is 17.7 Å². The number of amides is 3. The fraction of sp³-hybridized carbons (Fsp3) is 0.0556. The SMILES string of the molecule is O=C(Cc1csc(NC(=O)Nc2cccc(Cl)c2)n1)Nc1ccc(F)cc1. The summed E-state index contributed by atoms with van der Waals surface area (Å²) in [5.41, 5.74) is 1.56. The summed E-state index contributed by atoms with van der Waals surface area (Å²) in [6.45, 7) is 0. The van der Waals surface area contributed by atoms with Crippen LogP contribution in [0.1, 0.15) is 5.69 Å². The molecule has 0 spiro atoms. The molecular formula is C18H14ClFN4O2S. The Hall–Kier alpha value is -2.97. The molecule has 27 heavy (non-hydrogen) atoms. The van der Waals surface area contributed by atoms with Crippen LogP contribution < -0.4 is 16.0 Å². The van der Waals surface area contributed by atoms with E-state index in [1.54, 1.807) is 29.6 Å². The zero-order chi connectivity index (χ0) is 19.2. The molecule has 6 nitrogen and oxygen atoms in total. The number of nitrogens with one attached hydrogen (secondary N) is 3. The largest absolute Gasteiger partial charge is 0.326 e. The number of halogens is 2. The van der Waals surface area contributed by atoms with Gasteiger partial charge < -0.3 is 10.6 Å². The van der Waals surface area contributed by atoms with Crippen LogP contribution in [0.15, 0.2) is 53.9 Å². The predicted molar refractivity (Wildman–Crippen MR) is 105 cm³/mol. The summed E-state index contributed by atoms with van der Waals surface area (Å²) >= 11 is 7.07. The highest BCUT2D eigenvalue weighted by Gasteiger charge is 2.10. The highest BCUT2D eigenvalue weighted by Crippen LogP contribution is 2.18. The van der Waals surface area contributed by atoms with Gasteiger partial charge >= 0.3 is 6.03 Å². The number of hydrogen-bond donors (Lipinski definition) is 3. The van der Waals surface area contributed by atoms with Crippen molar-refractivity contribution in [2.75, 3.05) is 16.0 Å². The minimum atomic E-state index is -0.464. The van der Waals surface area contributed by atoms with Crippen LogP contribution in [0, 0.1) is 5.82 Å². The standard InChI is InChI=1S/C18H14ClFN4O2S/c19-11-2-1-3-14(8-11)22-17(26)24-18-23-15(10-27-18)9-16(25)21-13-6-4-12(20)5-7-13/h1-8,10H,9H2,(H,21,25)(H2,22,23,24,26). The van der Waals surface area contributed by atoms with Crippen LogP contribution in [0.4, 0.5) is 25.7 Å². The summed E-state index contributed by atoms with van der Waals surface area (Å²) in [4.78, 5) is 28.2. The minimum absolute atomic E-state index is 0.0332. The molecule has 0 saturated heterocycles. The molecule has 3 N–H and O–H groups in total. The Morgan fingerprint density at radius 2 is 1.81 bits per heavy atom. The summed E-state index contributed by atoms with van der Waals surface area (Å²) in [5, 5.41) is 10.4. The van der Waals surface area contributed by atoms with Crippen molar-refractivity contribution in [3.05, 3.63) is 70.4 Å². The molecule has 0 bridgehead atoms. The fourth-order valence-corrected chi connectivity index (χ4v) is 3.07. The van der Waals surface area contributed by atoms with Crippen molar-refractivity contribution in [3.8, 4) is 0 Å². The molecule has 0 radical (unpaired) electrons. The molecule has 3 rings (SSSR count). The monoisotopic (exact) mass is 404 g/mol. The van der Waals surface area contributed by atoms with Gasteiger partial charge in [-0.15, -0.1) is 11.3 Å². The first kappa shape index (κ1) is 18.8. The van der Waals surface area contributed by atoms with E-state index >= 15 is 0 Å². The maximum absolute atomic E-state index is 12.9. The van der Waals surface area contributed by atoms with Gasteiger partial charge in [0.25, 0.3) is 0 Å². The maximum Gasteiger partial charge on any atom is 0.325 e. The number of anilines is 3. The van der Waals surface area contributed by atoms with Gasteiger partial charge in [0.15, 0.2) is 5.13 Å². The average molecular weight is 405 g/mol. The van der Waals surface area contributed by atoms with Crippen LogP contribution in [0.3, 0.4) is 0 Å². The van der Waals surface area contributed by atoms with E-state index in [1.807, 2.05) is 0 Å². The second-order valence-corrected chi connectivity index (χ2v) is 6.76. The Morgan fingerprint density at radius 3 is 2.56 bits per heavy atom. The van der Waals surface area contributed by atoms with Crippen LogP contribution in [-0.2, 0) is 11.2 Å². The first-order valence-electron chi connectivity index (χ1n) is 7.81. The number of rotatable bonds is 5. The van der Waals surface area contributed by atoms with Crippen molar-refractivity contribution in [3.63, 3.8) is 0 Å². The van der Waals surface area contributed by atoms with E-state index in [9.17, 15) is 14.0 Å². The van der Waals surface area contributed by atoms with E-state index in [0.29, 0.717) is 27.2 Å². The van der Waals surface area contributed by atoms with Crippen LogP contribution in [0.25, 0.3) is 0 Å². The molecule has 0 unspecified atom stereocenters. The van der Waals surface area contributed by atoms with Gasteiger partial charge in [-0.3, -0.25) is 10.1 Å². The third-order valence-corrected chi connectivity index (χ3v) is 4.37. The van der Waals surface area contributed by atoms with Crippen molar-refractivity contribution < 1.29 is 14.0 Å². The predicted octanol–water partition coefficient (Wildman–Crippen LogP) is 4.76. The molecule has 3 aromatic rings. The lowest BCUT2D eigenvalue weighted by Gasteiger charge is -2.05. The van der Waals surface area contributed by atoms with Crippen molar-refractivity contribution >= 4 is 51.4 Å². The van der Waals surface area contributed by atoms with Gasteiger partial charge in [0, 0.05) is 21.8 Å². The molecule has 0 aliphatic rings. The summed E-state index contributed by atoms with van der Waals surface area (Å²) in [6, 6.07) is 11.8. The third-order valence-electron chi connectivity index (χ3n) is 3.32. The first-order chi connectivity index (χ1) is 13.0. The van der Waals surface area contributed by atoms with E-state index < -0.39 is 6.03 Å². The number of urea groups is 1. The number of benzene rings is 2. The van der Waals surface area contributed by atoms with Crippen LogP contribution in [-0.4, -0.2) is 16.9 Å². The van der Waals surface area contributed by atoms with E-state index in [1.165, 1.54) is 35.6 Å². The molecule has 3 amide bonds. The summed E-state index contributed by atoms with van der Waals surface area (Å²) in [6.07, 6.45) is 0.0332. The molecule has 0 aliphatic carbocycles. The summed E-state index contributed by atoms with van der Waals surface area (Å²) < 4.78 is 12.9. The maximum atomic E-state index is 12.9. The number of aromatic nitrogens is 1. The Balaban J connectivity index is 1.52. The van der Waals surface area contributed by atoms with Gasteiger partial charge in [-0.2, -0.15) is 0 Å². The molecule has 0 saturated carbocycles. The second kappa shape index (κ2) is 8.61. The molecule has 0 fully saturated rings. The van der Waals surface area contributed by atoms with E-state index in [2.05, 4.69) is 20.9 Å². The Bertz CT molecular complexity index is 962. The van der Waals surface area contributed by atoms with Crippen LogP contribution in [0.2, 0.25) is 5.02 Å². The average Bonchev–Trinajstić information content (AvgIpc) is 3.03. The number of nitrogens with zero attached hydrogens (tertiary/aromatic N) is 1. The van der Waals surface area contributed by atoms with Crippen molar-refractivity contribution in [2.45, 2.75) is 6.42 Å². The van der Waals surface area contributed by atoms with Crippen molar-refractivity contribution in [2.24, 2.45) is 0 Å². The highest BCUT2D eigenvalue weighted by atomic mass is 35.5. The molecular weight excluding hydrogens is 391 g/mol. The number of thiazole rings is 1. The lowest BCUT2D eigenvalue weighted by atomic mass is 10.3. The van der Waals surface area contributed by atoms with Crippen molar-refractivity contribution in [1.82, 2.24) is 4.98 Å². The van der Waals surface area contributed by atoms with Gasteiger partial charge in [0.05, 0.1) is 12.1 Å². The normalized spacial score (nSPS) is 10.3. The fourth-order valence-electron chi connectivity index (χ4n) is 2.17. The topological polar surface area (TPSA) is 83.1 Å². The molecule has 138 valence electrons. The third kappa shape index (κ3) is 5.77. The molecule has 0 atom stereocenters. The molecule has 0 aliphatic heterocycles. The van der Waals surface area contributed by atoms with Crippen LogP contribution >= 0.6 is 22.9 Å². The van der Waals surface area contributed by atoms with Gasteiger partial charge in [-0.05, 0) is 42.5 Å². The highest BCUT2D eigenvalue weighted by molar-refractivity contribution is 7.14. The number of carbonyl (C=O) groups is 2. The molecule has 9 heteroatoms. The summed E-state index contributed by atoms with van der Waals surface area (Å²) in [7, 11) is 0. The minimum Gasteiger partial charge on any atom is -0.326 e. The Kier molecular flexibility index (Phi) is 6.00. The molecule has 2 aromatic carbocycles. The van der Waals surface area contributed by atoms with E-state index in [-0.39, 0.29) is 18.1 Å². The lowest BCUT2D eigenvalue weighted by molar-refractivity contribution is -0.115. The zero-order valence-corrected chi connectivity index (χ0v) is 15.4. The Labute approximate surface area is 163 Å². The van der Waals surface area contributed by atoms with Gasteiger partial charge in [0.1, 0.15) is 5.82 Å². The molecule has 1 heterocycles. The molecule has 1 aromatic heterocycles. The summed E-state index contributed by atoms with van der Waals surface area (Å²) in [5.74, 6) is -0.666. The zero-order valence-electron chi connectivity index (χ0n) is 13.8. The van der Waals surface area contributed by atoms with Gasteiger partial charge in [0.2, 0.25) is 5.91 Å². The first-order valence-corrected chi connectivity index (χ1v) is 9.07. The van der Waals surface area contributed by atoms with Gasteiger partial charge in [-0.25, -0.2) is 14.2 Å². The number of carbonyl (C=O) groups excluding carboxylic acids is 2. The van der Waals surface area contributed by atoms with Crippen molar-refractivity contribution in [1.29, 1.82) is 0 Å². The number of hydrogen-bond acceptors (Lipinski definition) is 4. The second-order valence-electron chi connectivity index (χ2n) is 5.47. The lowest BCUT2D eigenvalue weighted by Crippen LogP contribution is -2.19. The van der Waals surface area contributed by atoms with Crippen LogP contribution in [0.5, 0.6) is 0 Å².